The van der Waals surface area contributed by atoms with E-state index in [0.29, 0.717) is 17.2 Å². The van der Waals surface area contributed by atoms with E-state index in [1.165, 1.54) is 30.3 Å². The minimum Gasteiger partial charge on any atom is -0.456 e. The van der Waals surface area contributed by atoms with Crippen LogP contribution in [0.15, 0.2) is 78.9 Å². The third-order valence-electron chi connectivity index (χ3n) is 3.78. The fraction of sp³-hybridized carbons (Fsp3) is 0.0909. The molecule has 0 saturated carbocycles. The Kier molecular flexibility index (Phi) is 6.94. The van der Waals surface area contributed by atoms with E-state index in [4.69, 9.17) is 9.47 Å². The van der Waals surface area contributed by atoms with Crippen molar-refractivity contribution in [3.05, 3.63) is 84.4 Å². The van der Waals surface area contributed by atoms with E-state index < -0.39 is 25.1 Å². The number of nitrogens with one attached hydrogen (secondary N) is 1. The number of anilines is 1. The molecule has 0 unspecified atom stereocenters. The lowest BCUT2D eigenvalue weighted by Crippen LogP contribution is -2.21. The fourth-order valence-electron chi connectivity index (χ4n) is 2.47. The maximum atomic E-state index is 12.4. The van der Waals surface area contributed by atoms with Crippen molar-refractivity contribution in [2.24, 2.45) is 0 Å². The first-order valence-corrected chi connectivity index (χ1v) is 8.85. The van der Waals surface area contributed by atoms with Crippen molar-refractivity contribution in [1.82, 2.24) is 0 Å². The van der Waals surface area contributed by atoms with Crippen molar-refractivity contribution in [1.29, 1.82) is 0 Å². The number of carbonyl (C=O) groups is 2. The van der Waals surface area contributed by atoms with Gasteiger partial charge in [-0.25, -0.2) is 4.79 Å². The van der Waals surface area contributed by atoms with E-state index in [1.54, 1.807) is 42.5 Å². The van der Waals surface area contributed by atoms with Crippen molar-refractivity contribution < 1.29 is 32.6 Å². The summed E-state index contributed by atoms with van der Waals surface area (Å²) in [6, 6.07) is 20.8. The van der Waals surface area contributed by atoms with E-state index in [2.05, 4.69) is 10.1 Å². The number of ether oxygens (including phenoxy) is 3. The standard InChI is InChI=1S/C22H17F2NO5/c23-22(24)30-17-12-10-15(11-13-17)25-20(26)14-28-21(27)18-8-4-5-9-19(18)29-16-6-2-1-3-7-16/h1-13,22H,14H2,(H,25,26). The summed E-state index contributed by atoms with van der Waals surface area (Å²) < 4.78 is 39.3. The molecule has 30 heavy (non-hydrogen) atoms. The van der Waals surface area contributed by atoms with Crippen molar-refractivity contribution in [2.75, 3.05) is 11.9 Å². The van der Waals surface area contributed by atoms with Gasteiger partial charge >= 0.3 is 12.6 Å². The van der Waals surface area contributed by atoms with Crippen LogP contribution in [-0.2, 0) is 9.53 Å². The Labute approximate surface area is 171 Å². The Hall–Kier alpha value is -3.94. The van der Waals surface area contributed by atoms with E-state index in [1.807, 2.05) is 6.07 Å². The summed E-state index contributed by atoms with van der Waals surface area (Å²) in [5.74, 6) is -0.507. The van der Waals surface area contributed by atoms with Gasteiger partial charge in [-0.1, -0.05) is 30.3 Å². The summed E-state index contributed by atoms with van der Waals surface area (Å²) in [5.41, 5.74) is 0.508. The molecule has 3 rings (SSSR count). The third kappa shape index (κ3) is 6.03. The van der Waals surface area contributed by atoms with Gasteiger partial charge in [-0.3, -0.25) is 4.79 Å². The molecule has 0 heterocycles. The van der Waals surface area contributed by atoms with Gasteiger partial charge in [0.15, 0.2) is 6.61 Å². The summed E-state index contributed by atoms with van der Waals surface area (Å²) >= 11 is 0. The molecule has 0 spiro atoms. The maximum Gasteiger partial charge on any atom is 0.387 e. The summed E-state index contributed by atoms with van der Waals surface area (Å²) in [6.45, 7) is -3.47. The fourth-order valence-corrected chi connectivity index (χ4v) is 2.47. The van der Waals surface area contributed by atoms with E-state index in [9.17, 15) is 18.4 Å². The molecule has 0 aliphatic carbocycles. The number of hydrogen-bond acceptors (Lipinski definition) is 5. The molecule has 0 saturated heterocycles. The molecule has 1 amide bonds. The van der Waals surface area contributed by atoms with Crippen LogP contribution in [0.1, 0.15) is 10.4 Å². The van der Waals surface area contributed by atoms with Crippen molar-refractivity contribution in [3.63, 3.8) is 0 Å². The van der Waals surface area contributed by atoms with Crippen LogP contribution >= 0.6 is 0 Å². The first kappa shape index (κ1) is 20.8. The van der Waals surface area contributed by atoms with Gasteiger partial charge in [-0.2, -0.15) is 8.78 Å². The number of hydrogen-bond donors (Lipinski definition) is 1. The molecule has 0 fully saturated rings. The van der Waals surface area contributed by atoms with Crippen LogP contribution < -0.4 is 14.8 Å². The molecule has 6 nitrogen and oxygen atoms in total. The van der Waals surface area contributed by atoms with Gasteiger partial charge in [0.05, 0.1) is 0 Å². The van der Waals surface area contributed by atoms with Crippen LogP contribution in [0.3, 0.4) is 0 Å². The van der Waals surface area contributed by atoms with E-state index >= 15 is 0 Å². The Morgan fingerprint density at radius 2 is 1.50 bits per heavy atom. The lowest BCUT2D eigenvalue weighted by atomic mass is 10.2. The lowest BCUT2D eigenvalue weighted by Gasteiger charge is -2.11. The van der Waals surface area contributed by atoms with Gasteiger partial charge in [-0.05, 0) is 48.5 Å². The van der Waals surface area contributed by atoms with E-state index in [-0.39, 0.29) is 11.3 Å². The highest BCUT2D eigenvalue weighted by molar-refractivity contribution is 5.96. The second-order valence-corrected chi connectivity index (χ2v) is 5.94. The quantitative estimate of drug-likeness (QED) is 0.533. The zero-order valence-electron chi connectivity index (χ0n) is 15.6. The second-order valence-electron chi connectivity index (χ2n) is 5.94. The summed E-state index contributed by atoms with van der Waals surface area (Å²) in [6.07, 6.45) is 0. The molecule has 3 aromatic rings. The zero-order chi connectivity index (χ0) is 21.3. The van der Waals surface area contributed by atoms with Gasteiger partial charge in [0, 0.05) is 5.69 Å². The molecule has 0 aliphatic heterocycles. The van der Waals surface area contributed by atoms with E-state index in [0.717, 1.165) is 0 Å². The molecule has 0 atom stereocenters. The zero-order valence-corrected chi connectivity index (χ0v) is 15.6. The van der Waals surface area contributed by atoms with Crippen LogP contribution in [-0.4, -0.2) is 25.1 Å². The van der Waals surface area contributed by atoms with Gasteiger partial charge in [0.1, 0.15) is 22.8 Å². The molecule has 0 aliphatic rings. The average molecular weight is 413 g/mol. The van der Waals surface area contributed by atoms with Crippen LogP contribution in [0.25, 0.3) is 0 Å². The predicted molar refractivity (Wildman–Crippen MR) is 105 cm³/mol. The van der Waals surface area contributed by atoms with Crippen LogP contribution in [0.2, 0.25) is 0 Å². The van der Waals surface area contributed by atoms with Crippen molar-refractivity contribution in [2.45, 2.75) is 6.61 Å². The van der Waals surface area contributed by atoms with Gasteiger partial charge in [0.2, 0.25) is 0 Å². The second kappa shape index (κ2) is 10.0. The predicted octanol–water partition coefficient (Wildman–Crippen LogP) is 4.88. The number of para-hydroxylation sites is 2. The summed E-state index contributed by atoms with van der Waals surface area (Å²) in [5, 5.41) is 2.49. The molecule has 3 aromatic carbocycles. The number of benzene rings is 3. The highest BCUT2D eigenvalue weighted by atomic mass is 19.3. The molecule has 0 radical (unpaired) electrons. The number of halogens is 2. The molecule has 0 bridgehead atoms. The molecular weight excluding hydrogens is 396 g/mol. The largest absolute Gasteiger partial charge is 0.456 e. The van der Waals surface area contributed by atoms with Crippen molar-refractivity contribution in [3.8, 4) is 17.2 Å². The maximum absolute atomic E-state index is 12.4. The van der Waals surface area contributed by atoms with Gasteiger partial charge in [0.25, 0.3) is 5.91 Å². The Bertz CT molecular complexity index is 994. The van der Waals surface area contributed by atoms with Gasteiger partial charge < -0.3 is 19.5 Å². The van der Waals surface area contributed by atoms with Gasteiger partial charge in [-0.15, -0.1) is 0 Å². The highest BCUT2D eigenvalue weighted by Gasteiger charge is 2.16. The Balaban J connectivity index is 1.56. The highest BCUT2D eigenvalue weighted by Crippen LogP contribution is 2.25. The Morgan fingerprint density at radius 1 is 0.833 bits per heavy atom. The normalized spacial score (nSPS) is 10.4. The van der Waals surface area contributed by atoms with Crippen LogP contribution in [0.4, 0.5) is 14.5 Å². The average Bonchev–Trinajstić information content (AvgIpc) is 2.74. The molecular formula is C22H17F2NO5. The smallest absolute Gasteiger partial charge is 0.387 e. The first-order chi connectivity index (χ1) is 14.5. The first-order valence-electron chi connectivity index (χ1n) is 8.85. The Morgan fingerprint density at radius 3 is 2.20 bits per heavy atom. The third-order valence-corrected chi connectivity index (χ3v) is 3.78. The monoisotopic (exact) mass is 413 g/mol. The SMILES string of the molecule is O=C(COC(=O)c1ccccc1Oc1ccccc1)Nc1ccc(OC(F)F)cc1. The summed E-state index contributed by atoms with van der Waals surface area (Å²) in [4.78, 5) is 24.4. The number of carbonyl (C=O) groups excluding carboxylic acids is 2. The molecule has 154 valence electrons. The lowest BCUT2D eigenvalue weighted by molar-refractivity contribution is -0.119. The number of esters is 1. The van der Waals surface area contributed by atoms with Crippen LogP contribution in [0, 0.1) is 0 Å². The molecule has 0 aromatic heterocycles. The molecule has 8 heteroatoms. The minimum absolute atomic E-state index is 0.0375. The van der Waals surface area contributed by atoms with Crippen LogP contribution in [0.5, 0.6) is 17.2 Å². The molecule has 1 N–H and O–H groups in total. The minimum atomic E-state index is -2.93. The summed E-state index contributed by atoms with van der Waals surface area (Å²) in [7, 11) is 0. The number of rotatable bonds is 8. The van der Waals surface area contributed by atoms with Crippen molar-refractivity contribution >= 4 is 17.6 Å². The number of amides is 1. The number of alkyl halides is 2. The topological polar surface area (TPSA) is 73.9 Å².